The van der Waals surface area contributed by atoms with Crippen molar-refractivity contribution in [3.05, 3.63) is 24.3 Å². The van der Waals surface area contributed by atoms with E-state index in [1.165, 1.54) is 49.8 Å². The third-order valence-corrected chi connectivity index (χ3v) is 5.52. The molecule has 1 spiro atoms. The molecule has 2 nitrogen and oxygen atoms in total. The van der Waals surface area contributed by atoms with Crippen molar-refractivity contribution in [2.75, 3.05) is 11.5 Å². The van der Waals surface area contributed by atoms with Gasteiger partial charge >= 0.3 is 0 Å². The molecule has 1 aromatic carbocycles. The van der Waals surface area contributed by atoms with Crippen LogP contribution in [0, 0.1) is 0 Å². The monoisotopic (exact) mass is 277 g/mol. The lowest BCUT2D eigenvalue weighted by Crippen LogP contribution is -2.32. The number of nitrogen functional groups attached to an aromatic ring is 1. The smallest absolute Gasteiger partial charge is 0.0687 e. The van der Waals surface area contributed by atoms with Crippen LogP contribution < -0.4 is 5.73 Å². The van der Waals surface area contributed by atoms with Gasteiger partial charge in [-0.15, -0.1) is 11.8 Å². The fraction of sp³-hybridized carbons (Fsp3) is 0.625. The molecule has 1 unspecified atom stereocenters. The lowest BCUT2D eigenvalue weighted by molar-refractivity contribution is -0.0555. The van der Waals surface area contributed by atoms with Gasteiger partial charge in [0.2, 0.25) is 0 Å². The first-order valence-corrected chi connectivity index (χ1v) is 8.41. The first-order chi connectivity index (χ1) is 9.26. The topological polar surface area (TPSA) is 35.2 Å². The first-order valence-electron chi connectivity index (χ1n) is 7.42. The van der Waals surface area contributed by atoms with E-state index in [9.17, 15) is 0 Å². The van der Waals surface area contributed by atoms with Crippen molar-refractivity contribution < 1.29 is 4.74 Å². The van der Waals surface area contributed by atoms with Crippen molar-refractivity contribution in [1.82, 2.24) is 0 Å². The third-order valence-electron chi connectivity index (χ3n) is 4.40. The van der Waals surface area contributed by atoms with Gasteiger partial charge in [0.05, 0.1) is 11.7 Å². The molecule has 1 aliphatic heterocycles. The summed E-state index contributed by atoms with van der Waals surface area (Å²) in [6.45, 7) is 0. The molecule has 2 aliphatic rings. The molecule has 0 aromatic heterocycles. The quantitative estimate of drug-likeness (QED) is 0.663. The molecular formula is C16H23NOS. The molecule has 2 N–H and O–H groups in total. The molecule has 3 heteroatoms. The second-order valence-corrected chi connectivity index (χ2v) is 7.00. The normalized spacial score (nSPS) is 25.8. The highest BCUT2D eigenvalue weighted by Crippen LogP contribution is 2.42. The van der Waals surface area contributed by atoms with Crippen LogP contribution in [-0.4, -0.2) is 17.5 Å². The summed E-state index contributed by atoms with van der Waals surface area (Å²) in [7, 11) is 0. The zero-order valence-electron chi connectivity index (χ0n) is 11.4. The van der Waals surface area contributed by atoms with Gasteiger partial charge in [0.15, 0.2) is 0 Å². The van der Waals surface area contributed by atoms with Crippen LogP contribution in [0.25, 0.3) is 0 Å². The minimum Gasteiger partial charge on any atom is -0.399 e. The number of ether oxygens (including phenoxy) is 1. The Bertz CT molecular complexity index is 429. The number of anilines is 1. The Morgan fingerprint density at radius 2 is 2.05 bits per heavy atom. The fourth-order valence-corrected chi connectivity index (χ4v) is 4.38. The largest absolute Gasteiger partial charge is 0.399 e. The van der Waals surface area contributed by atoms with Crippen LogP contribution in [0.4, 0.5) is 5.69 Å². The summed E-state index contributed by atoms with van der Waals surface area (Å²) < 4.78 is 6.39. The van der Waals surface area contributed by atoms with Crippen molar-refractivity contribution in [2.24, 2.45) is 0 Å². The van der Waals surface area contributed by atoms with Crippen LogP contribution in [0.15, 0.2) is 29.2 Å². The Balaban J connectivity index is 1.52. The summed E-state index contributed by atoms with van der Waals surface area (Å²) in [6, 6.07) is 8.14. The van der Waals surface area contributed by atoms with Gasteiger partial charge in [-0.3, -0.25) is 0 Å². The molecule has 1 heterocycles. The van der Waals surface area contributed by atoms with E-state index in [-0.39, 0.29) is 5.60 Å². The molecule has 1 saturated carbocycles. The molecule has 0 amide bonds. The standard InChI is InChI=1S/C16H23NOS/c17-13-5-4-6-15(11-13)19-12-14-7-10-16(18-14)8-2-1-3-9-16/h4-6,11,14H,1-3,7-10,12,17H2. The van der Waals surface area contributed by atoms with E-state index in [1.54, 1.807) is 0 Å². The molecule has 2 fully saturated rings. The van der Waals surface area contributed by atoms with E-state index in [4.69, 9.17) is 10.5 Å². The second-order valence-electron chi connectivity index (χ2n) is 5.91. The minimum atomic E-state index is 0.249. The van der Waals surface area contributed by atoms with E-state index < -0.39 is 0 Å². The van der Waals surface area contributed by atoms with E-state index in [2.05, 4.69) is 12.1 Å². The van der Waals surface area contributed by atoms with Gasteiger partial charge in [0, 0.05) is 16.3 Å². The Hall–Kier alpha value is -0.670. The number of benzene rings is 1. The van der Waals surface area contributed by atoms with Gasteiger partial charge in [-0.25, -0.2) is 0 Å². The van der Waals surface area contributed by atoms with Gasteiger partial charge in [0.1, 0.15) is 0 Å². The molecule has 1 saturated heterocycles. The van der Waals surface area contributed by atoms with Crippen LogP contribution in [0.3, 0.4) is 0 Å². The van der Waals surface area contributed by atoms with Crippen LogP contribution in [0.5, 0.6) is 0 Å². The lowest BCUT2D eigenvalue weighted by atomic mass is 9.83. The highest BCUT2D eigenvalue weighted by molar-refractivity contribution is 7.99. The molecule has 0 radical (unpaired) electrons. The van der Waals surface area contributed by atoms with Crippen molar-refractivity contribution in [1.29, 1.82) is 0 Å². The molecule has 3 rings (SSSR count). The maximum atomic E-state index is 6.39. The van der Waals surface area contributed by atoms with Gasteiger partial charge in [-0.05, 0) is 43.9 Å². The van der Waals surface area contributed by atoms with Gasteiger partial charge in [-0.2, -0.15) is 0 Å². The maximum absolute atomic E-state index is 6.39. The number of thioether (sulfide) groups is 1. The zero-order chi connectivity index (χ0) is 13.1. The first kappa shape index (κ1) is 13.3. The summed E-state index contributed by atoms with van der Waals surface area (Å²) in [4.78, 5) is 1.26. The third kappa shape index (κ3) is 3.26. The predicted molar refractivity (Wildman–Crippen MR) is 81.5 cm³/mol. The molecule has 1 aliphatic carbocycles. The summed E-state index contributed by atoms with van der Waals surface area (Å²) in [5.74, 6) is 1.06. The summed E-state index contributed by atoms with van der Waals surface area (Å²) in [5.41, 5.74) is 6.91. The SMILES string of the molecule is Nc1cccc(SCC2CCC3(CCCCC3)O2)c1. The van der Waals surface area contributed by atoms with Gasteiger partial charge < -0.3 is 10.5 Å². The van der Waals surface area contributed by atoms with Gasteiger partial charge in [0.25, 0.3) is 0 Å². The van der Waals surface area contributed by atoms with Crippen molar-refractivity contribution >= 4 is 17.4 Å². The Morgan fingerprint density at radius 1 is 1.21 bits per heavy atom. The van der Waals surface area contributed by atoms with E-state index in [0.29, 0.717) is 6.10 Å². The van der Waals surface area contributed by atoms with E-state index in [1.807, 2.05) is 23.9 Å². The molecule has 104 valence electrons. The van der Waals surface area contributed by atoms with Crippen LogP contribution in [0.1, 0.15) is 44.9 Å². The van der Waals surface area contributed by atoms with Crippen LogP contribution >= 0.6 is 11.8 Å². The molecule has 0 bridgehead atoms. The second kappa shape index (κ2) is 5.76. The highest BCUT2D eigenvalue weighted by atomic mass is 32.2. The van der Waals surface area contributed by atoms with E-state index in [0.717, 1.165) is 11.4 Å². The number of hydrogen-bond acceptors (Lipinski definition) is 3. The number of rotatable bonds is 3. The van der Waals surface area contributed by atoms with Crippen LogP contribution in [-0.2, 0) is 4.74 Å². The average molecular weight is 277 g/mol. The van der Waals surface area contributed by atoms with Crippen molar-refractivity contribution in [3.8, 4) is 0 Å². The molecular weight excluding hydrogens is 254 g/mol. The maximum Gasteiger partial charge on any atom is 0.0687 e. The zero-order valence-corrected chi connectivity index (χ0v) is 12.3. The lowest BCUT2D eigenvalue weighted by Gasteiger charge is -2.33. The van der Waals surface area contributed by atoms with Gasteiger partial charge in [-0.1, -0.05) is 25.3 Å². The summed E-state index contributed by atoms with van der Waals surface area (Å²) >= 11 is 1.87. The molecule has 19 heavy (non-hydrogen) atoms. The molecule has 1 atom stereocenters. The number of hydrogen-bond donors (Lipinski definition) is 1. The summed E-state index contributed by atoms with van der Waals surface area (Å²) in [6.07, 6.45) is 9.62. The highest BCUT2D eigenvalue weighted by Gasteiger charge is 2.40. The minimum absolute atomic E-state index is 0.249. The Kier molecular flexibility index (Phi) is 4.04. The Morgan fingerprint density at radius 3 is 2.84 bits per heavy atom. The number of nitrogens with two attached hydrogens (primary N) is 1. The van der Waals surface area contributed by atoms with Crippen molar-refractivity contribution in [3.63, 3.8) is 0 Å². The predicted octanol–water partition coefficient (Wildman–Crippen LogP) is 4.24. The van der Waals surface area contributed by atoms with Crippen LogP contribution in [0.2, 0.25) is 0 Å². The van der Waals surface area contributed by atoms with Crippen molar-refractivity contribution in [2.45, 2.75) is 61.5 Å². The van der Waals surface area contributed by atoms with E-state index >= 15 is 0 Å². The Labute approximate surface area is 120 Å². The average Bonchev–Trinajstić information content (AvgIpc) is 2.80. The summed E-state index contributed by atoms with van der Waals surface area (Å²) in [5, 5.41) is 0. The molecule has 1 aromatic rings. The fourth-order valence-electron chi connectivity index (χ4n) is 3.37.